The number of rotatable bonds is 10. The summed E-state index contributed by atoms with van der Waals surface area (Å²) in [5, 5.41) is 0. The van der Waals surface area contributed by atoms with E-state index in [0.717, 1.165) is 23.0 Å². The van der Waals surface area contributed by atoms with Gasteiger partial charge in [-0.05, 0) is 147 Å². The van der Waals surface area contributed by atoms with Crippen LogP contribution in [0.3, 0.4) is 0 Å². The third-order valence-corrected chi connectivity index (χ3v) is 11.6. The molecule has 0 heterocycles. The maximum atomic E-state index is 13.8. The van der Waals surface area contributed by atoms with Crippen molar-refractivity contribution in [3.05, 3.63) is 118 Å². The molecule has 2 aliphatic rings. The Hall–Kier alpha value is -3.40. The van der Waals surface area contributed by atoms with Crippen LogP contribution in [0.2, 0.25) is 0 Å². The lowest BCUT2D eigenvalue weighted by Crippen LogP contribution is -2.13. The van der Waals surface area contributed by atoms with Crippen molar-refractivity contribution in [3.8, 4) is 22.3 Å². The number of unbranched alkanes of at least 4 members (excludes halogenated alkanes) is 2. The highest BCUT2D eigenvalue weighted by atomic mass is 19.1. The second-order valence-corrected chi connectivity index (χ2v) is 15.1. The molecule has 0 aromatic heterocycles. The van der Waals surface area contributed by atoms with Crippen LogP contribution in [-0.2, 0) is 0 Å². The predicted molar refractivity (Wildman–Crippen MR) is 208 cm³/mol. The Morgan fingerprint density at radius 2 is 0.804 bits per heavy atom. The maximum Gasteiger partial charge on any atom is 0.129 e. The predicted octanol–water partition coefficient (Wildman–Crippen LogP) is 15.4. The van der Waals surface area contributed by atoms with E-state index in [1.54, 1.807) is 0 Å². The number of hydrogen-bond acceptors (Lipinski definition) is 0. The van der Waals surface area contributed by atoms with Crippen molar-refractivity contribution >= 4 is 0 Å². The molecule has 2 aliphatic carbocycles. The van der Waals surface area contributed by atoms with Gasteiger partial charge in [-0.2, -0.15) is 0 Å². The second-order valence-electron chi connectivity index (χ2n) is 15.1. The van der Waals surface area contributed by atoms with Crippen molar-refractivity contribution < 1.29 is 17.6 Å². The minimum atomic E-state index is -0.483. The van der Waals surface area contributed by atoms with Crippen molar-refractivity contribution in [1.29, 1.82) is 0 Å². The Labute approximate surface area is 306 Å². The topological polar surface area (TPSA) is 0 Å². The first kappa shape index (κ1) is 40.4. The third kappa shape index (κ3) is 10.8. The lowest BCUT2D eigenvalue weighted by atomic mass is 9.77. The van der Waals surface area contributed by atoms with Gasteiger partial charge in [0.1, 0.15) is 23.3 Å². The molecule has 0 N–H and O–H groups in total. The van der Waals surface area contributed by atoms with E-state index in [2.05, 4.69) is 38.1 Å². The monoisotopic (exact) mass is 700 g/mol. The molecule has 0 atom stereocenters. The summed E-state index contributed by atoms with van der Waals surface area (Å²) in [6, 6.07) is 22.3. The first-order valence-corrected chi connectivity index (χ1v) is 19.3. The molecule has 0 radical (unpaired) electrons. The molecule has 0 saturated heterocycles. The van der Waals surface area contributed by atoms with Gasteiger partial charge in [-0.25, -0.2) is 17.6 Å². The summed E-state index contributed by atoms with van der Waals surface area (Å²) in [7, 11) is 0. The van der Waals surface area contributed by atoms with Gasteiger partial charge in [-0.1, -0.05) is 108 Å². The molecular weight excluding hydrogens is 641 g/mol. The van der Waals surface area contributed by atoms with E-state index >= 15 is 0 Å². The fourth-order valence-electron chi connectivity index (χ4n) is 8.18. The van der Waals surface area contributed by atoms with Crippen LogP contribution < -0.4 is 0 Å². The van der Waals surface area contributed by atoms with Gasteiger partial charge < -0.3 is 0 Å². The van der Waals surface area contributed by atoms with Gasteiger partial charge in [-0.15, -0.1) is 0 Å². The molecule has 0 unspecified atom stereocenters. The number of halogens is 4. The Bertz CT molecular complexity index is 1590. The summed E-state index contributed by atoms with van der Waals surface area (Å²) in [5.74, 6) is 1.17. The highest BCUT2D eigenvalue weighted by Crippen LogP contribution is 2.39. The van der Waals surface area contributed by atoms with E-state index in [1.807, 2.05) is 24.3 Å². The van der Waals surface area contributed by atoms with Gasteiger partial charge in [0.05, 0.1) is 0 Å². The van der Waals surface area contributed by atoms with Crippen LogP contribution in [0.15, 0.2) is 72.8 Å². The molecule has 0 spiro atoms. The zero-order valence-corrected chi connectivity index (χ0v) is 30.6. The highest BCUT2D eigenvalue weighted by Gasteiger charge is 2.23. The summed E-state index contributed by atoms with van der Waals surface area (Å²) < 4.78 is 55.1. The lowest BCUT2D eigenvalue weighted by molar-refractivity contribution is 0.303. The zero-order chi connectivity index (χ0) is 35.6. The highest BCUT2D eigenvalue weighted by molar-refractivity contribution is 5.65. The molecular formula is C47H60F4. The van der Waals surface area contributed by atoms with Crippen molar-refractivity contribution in [1.82, 2.24) is 0 Å². The van der Waals surface area contributed by atoms with Crippen molar-refractivity contribution in [2.24, 2.45) is 11.8 Å². The molecule has 0 bridgehead atoms. The first-order valence-electron chi connectivity index (χ1n) is 19.3. The van der Waals surface area contributed by atoms with Crippen LogP contribution >= 0.6 is 0 Å². The minimum absolute atomic E-state index is 0. The summed E-state index contributed by atoms with van der Waals surface area (Å²) in [6.45, 7) is 7.46. The SMILES string of the molecule is C.CCCC1CCC(c2ccc(-c3cc(F)c(C)c(F)c3)cc2)CC1.CCCCCC1CCC(c2ccc(-c3cc(F)c(C)c(F)c3)cc2)CC1. The van der Waals surface area contributed by atoms with Crippen molar-refractivity contribution in [2.75, 3.05) is 0 Å². The van der Waals surface area contributed by atoms with Crippen LogP contribution in [0.25, 0.3) is 22.3 Å². The van der Waals surface area contributed by atoms with Crippen LogP contribution in [0.1, 0.15) is 145 Å². The largest absolute Gasteiger partial charge is 0.207 e. The van der Waals surface area contributed by atoms with Crippen molar-refractivity contribution in [3.63, 3.8) is 0 Å². The molecule has 0 nitrogen and oxygen atoms in total. The van der Waals surface area contributed by atoms with E-state index in [9.17, 15) is 17.6 Å². The minimum Gasteiger partial charge on any atom is -0.207 e. The number of benzene rings is 4. The molecule has 0 amide bonds. The molecule has 2 saturated carbocycles. The van der Waals surface area contributed by atoms with Crippen LogP contribution in [0.5, 0.6) is 0 Å². The molecule has 6 rings (SSSR count). The molecule has 0 aliphatic heterocycles. The van der Waals surface area contributed by atoms with Crippen LogP contribution in [0.4, 0.5) is 17.6 Å². The summed E-state index contributed by atoms with van der Waals surface area (Å²) in [5.41, 5.74) is 5.86. The van der Waals surface area contributed by atoms with Crippen LogP contribution in [0, 0.1) is 49.0 Å². The Morgan fingerprint density at radius 1 is 0.451 bits per heavy atom. The van der Waals surface area contributed by atoms with Crippen molar-refractivity contribution in [2.45, 2.75) is 137 Å². The van der Waals surface area contributed by atoms with Gasteiger partial charge in [0.15, 0.2) is 0 Å². The molecule has 51 heavy (non-hydrogen) atoms. The van der Waals surface area contributed by atoms with Gasteiger partial charge in [0.25, 0.3) is 0 Å². The van der Waals surface area contributed by atoms with Gasteiger partial charge in [0.2, 0.25) is 0 Å². The Morgan fingerprint density at radius 3 is 1.14 bits per heavy atom. The molecule has 2 fully saturated rings. The molecule has 4 aromatic rings. The average molecular weight is 701 g/mol. The smallest absolute Gasteiger partial charge is 0.129 e. The fraction of sp³-hybridized carbons (Fsp3) is 0.489. The molecule has 4 heteroatoms. The number of hydrogen-bond donors (Lipinski definition) is 0. The lowest BCUT2D eigenvalue weighted by Gasteiger charge is -2.29. The first-order chi connectivity index (χ1) is 24.2. The maximum absolute atomic E-state index is 13.8. The molecule has 4 aromatic carbocycles. The van der Waals surface area contributed by atoms with E-state index < -0.39 is 23.3 Å². The van der Waals surface area contributed by atoms with E-state index in [0.29, 0.717) is 23.0 Å². The zero-order valence-electron chi connectivity index (χ0n) is 30.6. The Balaban J connectivity index is 0.000000225. The summed E-state index contributed by atoms with van der Waals surface area (Å²) in [4.78, 5) is 0. The third-order valence-electron chi connectivity index (χ3n) is 11.6. The second kappa shape index (κ2) is 19.4. The Kier molecular flexibility index (Phi) is 15.4. The van der Waals surface area contributed by atoms with Gasteiger partial charge >= 0.3 is 0 Å². The quantitative estimate of drug-likeness (QED) is 0.114. The van der Waals surface area contributed by atoms with Gasteiger partial charge in [-0.3, -0.25) is 0 Å². The normalized spacial score (nSPS) is 20.2. The van der Waals surface area contributed by atoms with E-state index in [-0.39, 0.29) is 18.6 Å². The fourth-order valence-corrected chi connectivity index (χ4v) is 8.18. The van der Waals surface area contributed by atoms with E-state index in [4.69, 9.17) is 0 Å². The average Bonchev–Trinajstić information content (AvgIpc) is 3.14. The molecule has 276 valence electrons. The summed E-state index contributed by atoms with van der Waals surface area (Å²) >= 11 is 0. The van der Waals surface area contributed by atoms with E-state index in [1.165, 1.54) is 139 Å². The standard InChI is InChI=1S/C24H30F2.C22H26F2.CH4/c1-3-4-5-6-18-7-9-19(10-8-18)20-11-13-21(14-12-20)22-15-23(25)17(2)24(26)16-22;1-3-4-16-5-7-17(8-6-16)18-9-11-19(12-10-18)20-13-21(23)15(2)22(24)14-20;/h11-16,18-19H,3-10H2,1-2H3;9-14,16-17H,3-8H2,1-2H3;1H4. The van der Waals surface area contributed by atoms with Gasteiger partial charge in [0, 0.05) is 11.1 Å². The summed E-state index contributed by atoms with van der Waals surface area (Å²) in [6.07, 6.45) is 18.5. The van der Waals surface area contributed by atoms with Crippen LogP contribution in [-0.4, -0.2) is 0 Å².